The summed E-state index contributed by atoms with van der Waals surface area (Å²) < 4.78 is 28.5. The van der Waals surface area contributed by atoms with E-state index in [-0.39, 0.29) is 22.9 Å². The third-order valence-electron chi connectivity index (χ3n) is 7.01. The minimum Gasteiger partial charge on any atom is -0.346 e. The number of rotatable bonds is 8. The molecule has 0 radical (unpaired) electrons. The van der Waals surface area contributed by atoms with E-state index in [1.807, 2.05) is 18.2 Å². The number of nitrogens with one attached hydrogen (secondary N) is 1. The minimum atomic E-state index is -3.53. The summed E-state index contributed by atoms with van der Waals surface area (Å²) in [5, 5.41) is 8.77. The third kappa shape index (κ3) is 5.07. The number of carbonyl (C=O) groups excluding carboxylic acids is 1. The van der Waals surface area contributed by atoms with Crippen LogP contribution in [0.2, 0.25) is 0 Å². The fourth-order valence-electron chi connectivity index (χ4n) is 4.95. The van der Waals surface area contributed by atoms with Gasteiger partial charge in [-0.3, -0.25) is 9.59 Å². The molecule has 0 saturated carbocycles. The average molecular weight is 510 g/mol. The van der Waals surface area contributed by atoms with Gasteiger partial charge in [0.05, 0.1) is 29.1 Å². The van der Waals surface area contributed by atoms with Gasteiger partial charge in [-0.25, -0.2) is 13.1 Å². The van der Waals surface area contributed by atoms with Crippen LogP contribution in [-0.4, -0.2) is 66.0 Å². The maximum Gasteiger partial charge on any atom is 0.274 e. The van der Waals surface area contributed by atoms with Crippen LogP contribution in [-0.2, 0) is 23.1 Å². The molecule has 2 aliphatic rings. The fraction of sp³-hybridized carbons (Fsp3) is 0.423. The van der Waals surface area contributed by atoms with Crippen molar-refractivity contribution in [1.29, 1.82) is 0 Å². The van der Waals surface area contributed by atoms with Gasteiger partial charge in [0.1, 0.15) is 0 Å². The Hall–Kier alpha value is -3.08. The maximum absolute atomic E-state index is 13.0. The zero-order valence-corrected chi connectivity index (χ0v) is 21.0. The van der Waals surface area contributed by atoms with Crippen LogP contribution in [0.3, 0.4) is 0 Å². The summed E-state index contributed by atoms with van der Waals surface area (Å²) in [6.45, 7) is 4.57. The third-order valence-corrected chi connectivity index (χ3v) is 8.92. The van der Waals surface area contributed by atoms with Crippen molar-refractivity contribution in [3.8, 4) is 0 Å². The Bertz CT molecular complexity index is 1410. The van der Waals surface area contributed by atoms with Crippen molar-refractivity contribution < 1.29 is 13.2 Å². The molecule has 1 amide bonds. The first-order valence-electron chi connectivity index (χ1n) is 12.5. The number of fused-ring (bicyclic) bond motifs is 1. The number of nitrogens with zero attached hydrogens (tertiary/aromatic N) is 4. The number of hydrogen-bond acceptors (Lipinski definition) is 6. The normalized spacial score (nSPS) is 17.1. The maximum atomic E-state index is 13.0. The van der Waals surface area contributed by atoms with Gasteiger partial charge < -0.3 is 10.2 Å². The summed E-state index contributed by atoms with van der Waals surface area (Å²) in [5.74, 6) is -0.333. The van der Waals surface area contributed by atoms with Crippen molar-refractivity contribution in [3.05, 3.63) is 70.1 Å². The van der Waals surface area contributed by atoms with Crippen LogP contribution < -0.4 is 10.9 Å². The highest BCUT2D eigenvalue weighted by Gasteiger charge is 2.27. The number of sulfonamides is 1. The van der Waals surface area contributed by atoms with Crippen LogP contribution in [0.5, 0.6) is 0 Å². The van der Waals surface area contributed by atoms with Crippen molar-refractivity contribution in [2.75, 3.05) is 32.7 Å². The van der Waals surface area contributed by atoms with Crippen LogP contribution in [0.15, 0.2) is 58.2 Å². The Morgan fingerprint density at radius 1 is 0.861 bits per heavy atom. The smallest absolute Gasteiger partial charge is 0.274 e. The van der Waals surface area contributed by atoms with Crippen molar-refractivity contribution in [3.63, 3.8) is 0 Å². The fourth-order valence-corrected chi connectivity index (χ4v) is 6.47. The molecule has 0 spiro atoms. The van der Waals surface area contributed by atoms with Crippen molar-refractivity contribution in [2.45, 2.75) is 43.7 Å². The van der Waals surface area contributed by atoms with Gasteiger partial charge in [-0.2, -0.15) is 9.40 Å². The van der Waals surface area contributed by atoms with Gasteiger partial charge in [0, 0.05) is 30.6 Å². The van der Waals surface area contributed by atoms with Gasteiger partial charge in [0.25, 0.3) is 11.5 Å². The first-order valence-corrected chi connectivity index (χ1v) is 14.0. The summed E-state index contributed by atoms with van der Waals surface area (Å²) in [6.07, 6.45) is 4.10. The van der Waals surface area contributed by atoms with Crippen LogP contribution >= 0.6 is 0 Å². The highest BCUT2D eigenvalue weighted by molar-refractivity contribution is 7.89. The van der Waals surface area contributed by atoms with E-state index >= 15 is 0 Å². The molecule has 2 saturated heterocycles. The van der Waals surface area contributed by atoms with Crippen LogP contribution in [0.4, 0.5) is 0 Å². The summed E-state index contributed by atoms with van der Waals surface area (Å²) in [5.41, 5.74) is 0.852. The second-order valence-corrected chi connectivity index (χ2v) is 11.3. The predicted octanol–water partition coefficient (Wildman–Crippen LogP) is 2.21. The minimum absolute atomic E-state index is 0.130. The van der Waals surface area contributed by atoms with Crippen LogP contribution in [0, 0.1) is 0 Å². The largest absolute Gasteiger partial charge is 0.346 e. The zero-order valence-electron chi connectivity index (χ0n) is 20.2. The predicted molar refractivity (Wildman–Crippen MR) is 137 cm³/mol. The first kappa shape index (κ1) is 24.6. The molecule has 1 aromatic heterocycles. The second kappa shape index (κ2) is 10.5. The molecule has 5 rings (SSSR count). The van der Waals surface area contributed by atoms with E-state index in [4.69, 9.17) is 0 Å². The Morgan fingerprint density at radius 3 is 2.19 bits per heavy atom. The molecule has 2 fully saturated rings. The number of benzene rings is 2. The molecule has 0 atom stereocenters. The Labute approximate surface area is 210 Å². The van der Waals surface area contributed by atoms with Gasteiger partial charge in [0.2, 0.25) is 10.0 Å². The Balaban J connectivity index is 1.31. The quantitative estimate of drug-likeness (QED) is 0.499. The topological polar surface area (TPSA) is 105 Å². The molecule has 2 aromatic carbocycles. The van der Waals surface area contributed by atoms with E-state index in [1.165, 1.54) is 46.1 Å². The summed E-state index contributed by atoms with van der Waals surface area (Å²) >= 11 is 0. The molecular formula is C26H31N5O4S. The number of hydrogen-bond donors (Lipinski definition) is 1. The molecule has 10 heteroatoms. The van der Waals surface area contributed by atoms with E-state index in [1.54, 1.807) is 6.07 Å². The van der Waals surface area contributed by atoms with Gasteiger partial charge in [0.15, 0.2) is 0 Å². The monoisotopic (exact) mass is 509 g/mol. The van der Waals surface area contributed by atoms with Gasteiger partial charge in [-0.1, -0.05) is 18.2 Å². The summed E-state index contributed by atoms with van der Waals surface area (Å²) in [4.78, 5) is 28.4. The lowest BCUT2D eigenvalue weighted by Gasteiger charge is -2.16. The molecule has 3 heterocycles. The van der Waals surface area contributed by atoms with E-state index in [0.29, 0.717) is 41.7 Å². The number of aromatic nitrogens is 2. The Morgan fingerprint density at radius 2 is 1.50 bits per heavy atom. The summed E-state index contributed by atoms with van der Waals surface area (Å²) in [6, 6.07) is 13.3. The number of carbonyl (C=O) groups is 1. The molecule has 3 aromatic rings. The highest BCUT2D eigenvalue weighted by atomic mass is 32.2. The van der Waals surface area contributed by atoms with Crippen molar-refractivity contribution in [2.24, 2.45) is 0 Å². The van der Waals surface area contributed by atoms with Gasteiger partial charge >= 0.3 is 0 Å². The van der Waals surface area contributed by atoms with Gasteiger partial charge in [-0.15, -0.1) is 0 Å². The van der Waals surface area contributed by atoms with E-state index in [9.17, 15) is 18.0 Å². The molecule has 9 nitrogen and oxygen atoms in total. The molecule has 36 heavy (non-hydrogen) atoms. The number of likely N-dealkylation sites (tertiary alicyclic amines) is 1. The van der Waals surface area contributed by atoms with Crippen molar-refractivity contribution in [1.82, 2.24) is 24.3 Å². The summed E-state index contributed by atoms with van der Waals surface area (Å²) in [7, 11) is -3.53. The van der Waals surface area contributed by atoms with Crippen LogP contribution in [0.1, 0.15) is 41.7 Å². The average Bonchev–Trinajstić information content (AvgIpc) is 3.63. The van der Waals surface area contributed by atoms with Crippen LogP contribution in [0.25, 0.3) is 10.8 Å². The first-order chi connectivity index (χ1) is 17.4. The molecule has 0 aliphatic carbocycles. The van der Waals surface area contributed by atoms with E-state index in [2.05, 4.69) is 15.3 Å². The van der Waals surface area contributed by atoms with E-state index < -0.39 is 10.0 Å². The second-order valence-electron chi connectivity index (χ2n) is 9.39. The SMILES string of the molecule is O=C(NCc1nn(CCN2CCCC2)c(=O)c2ccccc12)c1ccc(S(=O)(=O)N2CCCC2)cc1. The number of amides is 1. The van der Waals surface area contributed by atoms with Gasteiger partial charge in [-0.05, 0) is 69.1 Å². The van der Waals surface area contributed by atoms with Crippen molar-refractivity contribution >= 4 is 26.7 Å². The highest BCUT2D eigenvalue weighted by Crippen LogP contribution is 2.21. The standard InChI is InChI=1S/C26H31N5O4S/c32-25(20-9-11-21(12-10-20)36(34,35)30-15-5-6-16-30)27-19-24-22-7-1-2-8-23(22)26(33)31(28-24)18-17-29-13-3-4-14-29/h1-2,7-12H,3-6,13-19H2,(H,27,32). The lowest BCUT2D eigenvalue weighted by molar-refractivity contribution is 0.0950. The van der Waals surface area contributed by atoms with E-state index in [0.717, 1.165) is 32.5 Å². The molecule has 2 aliphatic heterocycles. The molecule has 190 valence electrons. The molecule has 0 bridgehead atoms. The Kier molecular flexibility index (Phi) is 7.17. The molecular weight excluding hydrogens is 478 g/mol. The lowest BCUT2D eigenvalue weighted by atomic mass is 10.1. The molecule has 1 N–H and O–H groups in total. The zero-order chi connectivity index (χ0) is 25.1. The molecule has 0 unspecified atom stereocenters. The lowest BCUT2D eigenvalue weighted by Crippen LogP contribution is -2.32.